The van der Waals surface area contributed by atoms with Crippen LogP contribution in [0.5, 0.6) is 0 Å². The maximum absolute atomic E-state index is 13.2. The molecule has 0 N–H and O–H groups in total. The van der Waals surface area contributed by atoms with Gasteiger partial charge in [-0.05, 0) is 29.8 Å². The molecule has 0 radical (unpaired) electrons. The smallest absolute Gasteiger partial charge is 0.331 e. The first-order chi connectivity index (χ1) is 15.8. The van der Waals surface area contributed by atoms with Gasteiger partial charge in [0.25, 0.3) is 5.91 Å². The maximum atomic E-state index is 13.2. The van der Waals surface area contributed by atoms with Crippen LogP contribution in [0.2, 0.25) is 0 Å². The predicted molar refractivity (Wildman–Crippen MR) is 105 cm³/mol. The molecule has 1 aliphatic heterocycles. The molecule has 1 aromatic heterocycles. The van der Waals surface area contributed by atoms with E-state index in [2.05, 4.69) is 5.10 Å². The highest BCUT2D eigenvalue weighted by molar-refractivity contribution is 7.91. The van der Waals surface area contributed by atoms with Gasteiger partial charge in [-0.1, -0.05) is 24.3 Å². The highest BCUT2D eigenvalue weighted by Crippen LogP contribution is 2.33. The fourth-order valence-electron chi connectivity index (χ4n) is 3.60. The molecule has 0 unspecified atom stereocenters. The molecule has 4 rings (SSSR count). The van der Waals surface area contributed by atoms with E-state index >= 15 is 0 Å². The standard InChI is InChI=1S/C21H15F6N3O3S/c22-20(23,24)14-5-3-6-15(10-14)34(32,33)17-7-2-1-4-13(17)12-29-8-9-30-16(19(29)31)11-18(28-30)21(25,26)27/h1-7,10-11H,8-9,12H2. The fraction of sp³-hybridized carbons (Fsp3) is 0.238. The summed E-state index contributed by atoms with van der Waals surface area (Å²) in [6.07, 6.45) is -9.48. The normalized spacial score (nSPS) is 14.9. The number of hydrogen-bond acceptors (Lipinski definition) is 4. The molecule has 3 aromatic rings. The number of carbonyl (C=O) groups is 1. The van der Waals surface area contributed by atoms with E-state index in [1.807, 2.05) is 0 Å². The lowest BCUT2D eigenvalue weighted by Crippen LogP contribution is -2.40. The summed E-state index contributed by atoms with van der Waals surface area (Å²) in [6.45, 7) is -0.359. The number of halogens is 6. The van der Waals surface area contributed by atoms with E-state index in [1.165, 1.54) is 24.3 Å². The SMILES string of the molecule is O=C1c2cc(C(F)(F)F)nn2CCN1Cc1ccccc1S(=O)(=O)c1cccc(C(F)(F)F)c1. The predicted octanol–water partition coefficient (Wildman–Crippen LogP) is 4.41. The van der Waals surface area contributed by atoms with Crippen molar-refractivity contribution in [2.24, 2.45) is 0 Å². The molecule has 0 bridgehead atoms. The second-order valence-corrected chi connectivity index (χ2v) is 9.42. The molecule has 1 aliphatic rings. The van der Waals surface area contributed by atoms with Crippen molar-refractivity contribution in [3.63, 3.8) is 0 Å². The minimum absolute atomic E-state index is 0.0389. The summed E-state index contributed by atoms with van der Waals surface area (Å²) in [7, 11) is -4.40. The quantitative estimate of drug-likeness (QED) is 0.495. The number of rotatable bonds is 4. The van der Waals surface area contributed by atoms with Gasteiger partial charge < -0.3 is 4.90 Å². The first-order valence-electron chi connectivity index (χ1n) is 9.73. The molecule has 0 saturated carbocycles. The second-order valence-electron chi connectivity index (χ2n) is 7.50. The number of fused-ring (bicyclic) bond motifs is 1. The minimum atomic E-state index is -4.75. The van der Waals surface area contributed by atoms with E-state index < -0.39 is 44.2 Å². The van der Waals surface area contributed by atoms with Crippen molar-refractivity contribution < 1.29 is 39.6 Å². The number of hydrogen-bond donors (Lipinski definition) is 0. The highest BCUT2D eigenvalue weighted by atomic mass is 32.2. The Hall–Kier alpha value is -3.35. The van der Waals surface area contributed by atoms with Gasteiger partial charge in [-0.2, -0.15) is 31.4 Å². The zero-order valence-electron chi connectivity index (χ0n) is 17.1. The number of benzene rings is 2. The maximum Gasteiger partial charge on any atom is 0.435 e. The van der Waals surface area contributed by atoms with Crippen molar-refractivity contribution >= 4 is 15.7 Å². The summed E-state index contributed by atoms with van der Waals surface area (Å²) < 4.78 is 105. The van der Waals surface area contributed by atoms with E-state index in [1.54, 1.807) is 0 Å². The molecule has 34 heavy (non-hydrogen) atoms. The molecule has 0 spiro atoms. The third-order valence-electron chi connectivity index (χ3n) is 5.25. The Morgan fingerprint density at radius 3 is 2.26 bits per heavy atom. The van der Waals surface area contributed by atoms with Crippen molar-refractivity contribution in [2.45, 2.75) is 35.2 Å². The van der Waals surface area contributed by atoms with Gasteiger partial charge in [0.15, 0.2) is 5.69 Å². The Morgan fingerprint density at radius 2 is 1.59 bits per heavy atom. The lowest BCUT2D eigenvalue weighted by atomic mass is 10.2. The molecule has 2 heterocycles. The number of carbonyl (C=O) groups excluding carboxylic acids is 1. The Bertz CT molecular complexity index is 1360. The van der Waals surface area contributed by atoms with Crippen LogP contribution in [0.25, 0.3) is 0 Å². The second kappa shape index (κ2) is 8.15. The fourth-order valence-corrected chi connectivity index (χ4v) is 5.13. The lowest BCUT2D eigenvalue weighted by molar-refractivity contribution is -0.141. The van der Waals surface area contributed by atoms with Gasteiger partial charge in [0, 0.05) is 19.2 Å². The third kappa shape index (κ3) is 4.39. The Labute approximate surface area is 189 Å². The highest BCUT2D eigenvalue weighted by Gasteiger charge is 2.38. The van der Waals surface area contributed by atoms with Crippen LogP contribution in [-0.4, -0.2) is 35.6 Å². The van der Waals surface area contributed by atoms with Crippen LogP contribution in [-0.2, 0) is 35.3 Å². The molecule has 0 saturated heterocycles. The Kier molecular flexibility index (Phi) is 5.70. The van der Waals surface area contributed by atoms with Crippen LogP contribution < -0.4 is 0 Å². The van der Waals surface area contributed by atoms with Crippen molar-refractivity contribution in [1.29, 1.82) is 0 Å². The first-order valence-corrected chi connectivity index (χ1v) is 11.2. The summed E-state index contributed by atoms with van der Waals surface area (Å²) in [5.41, 5.74) is -2.54. The van der Waals surface area contributed by atoms with Gasteiger partial charge in [-0.25, -0.2) is 8.42 Å². The van der Waals surface area contributed by atoms with Crippen LogP contribution in [0.15, 0.2) is 64.4 Å². The molecular weight excluding hydrogens is 488 g/mol. The first kappa shape index (κ1) is 23.8. The summed E-state index contributed by atoms with van der Waals surface area (Å²) >= 11 is 0. The van der Waals surface area contributed by atoms with Gasteiger partial charge in [0.2, 0.25) is 9.84 Å². The van der Waals surface area contributed by atoms with Crippen LogP contribution in [0.3, 0.4) is 0 Å². The summed E-state index contributed by atoms with van der Waals surface area (Å²) in [5, 5.41) is 3.39. The molecule has 2 aromatic carbocycles. The number of alkyl halides is 6. The van der Waals surface area contributed by atoms with E-state index in [-0.39, 0.29) is 35.8 Å². The van der Waals surface area contributed by atoms with E-state index in [0.29, 0.717) is 12.1 Å². The molecule has 0 atom stereocenters. The minimum Gasteiger partial charge on any atom is -0.331 e. The molecule has 0 aliphatic carbocycles. The topological polar surface area (TPSA) is 72.3 Å². The molecule has 13 heteroatoms. The zero-order valence-corrected chi connectivity index (χ0v) is 17.9. The van der Waals surface area contributed by atoms with E-state index in [9.17, 15) is 39.6 Å². The van der Waals surface area contributed by atoms with Gasteiger partial charge in [-0.15, -0.1) is 0 Å². The summed E-state index contributed by atoms with van der Waals surface area (Å²) in [5.74, 6) is -0.777. The van der Waals surface area contributed by atoms with Crippen LogP contribution in [0, 0.1) is 0 Å². The largest absolute Gasteiger partial charge is 0.435 e. The monoisotopic (exact) mass is 503 g/mol. The summed E-state index contributed by atoms with van der Waals surface area (Å²) in [4.78, 5) is 13.1. The average Bonchev–Trinajstić information content (AvgIpc) is 3.21. The number of amides is 1. The van der Waals surface area contributed by atoms with Crippen LogP contribution in [0.4, 0.5) is 26.3 Å². The summed E-state index contributed by atoms with van der Waals surface area (Å²) in [6, 6.07) is 9.36. The number of aromatic nitrogens is 2. The van der Waals surface area contributed by atoms with Crippen molar-refractivity contribution in [1.82, 2.24) is 14.7 Å². The molecule has 180 valence electrons. The Balaban J connectivity index is 1.67. The molecule has 1 amide bonds. The van der Waals surface area contributed by atoms with Crippen molar-refractivity contribution in [3.05, 3.63) is 77.1 Å². The van der Waals surface area contributed by atoms with Crippen LogP contribution in [0.1, 0.15) is 27.3 Å². The molecule has 6 nitrogen and oxygen atoms in total. The number of sulfone groups is 1. The van der Waals surface area contributed by atoms with E-state index in [4.69, 9.17) is 0 Å². The van der Waals surface area contributed by atoms with Crippen molar-refractivity contribution in [2.75, 3.05) is 6.54 Å². The van der Waals surface area contributed by atoms with Gasteiger partial charge >= 0.3 is 12.4 Å². The average molecular weight is 503 g/mol. The lowest BCUT2D eigenvalue weighted by Gasteiger charge is -2.28. The van der Waals surface area contributed by atoms with Crippen LogP contribution >= 0.6 is 0 Å². The Morgan fingerprint density at radius 1 is 0.882 bits per heavy atom. The molecule has 0 fully saturated rings. The van der Waals surface area contributed by atoms with Gasteiger partial charge in [0.1, 0.15) is 5.69 Å². The van der Waals surface area contributed by atoms with E-state index in [0.717, 1.165) is 27.8 Å². The third-order valence-corrected chi connectivity index (χ3v) is 7.11. The van der Waals surface area contributed by atoms with Gasteiger partial charge in [-0.3, -0.25) is 9.48 Å². The zero-order chi connectivity index (χ0) is 24.9. The van der Waals surface area contributed by atoms with Crippen molar-refractivity contribution in [3.8, 4) is 0 Å². The number of nitrogens with zero attached hydrogens (tertiary/aromatic N) is 3. The molecular formula is C21H15F6N3O3S. The van der Waals surface area contributed by atoms with Gasteiger partial charge in [0.05, 0.1) is 21.9 Å².